The van der Waals surface area contributed by atoms with Gasteiger partial charge in [-0.2, -0.15) is 5.10 Å². The van der Waals surface area contributed by atoms with Crippen molar-refractivity contribution in [1.82, 2.24) is 15.2 Å². The fourth-order valence-corrected chi connectivity index (χ4v) is 2.98. The number of pyridine rings is 1. The number of aromatic nitrogens is 3. The Morgan fingerprint density at radius 1 is 1.20 bits per heavy atom. The minimum absolute atomic E-state index is 0.453. The van der Waals surface area contributed by atoms with Crippen LogP contribution in [0.25, 0.3) is 22.5 Å². The molecule has 0 aliphatic rings. The number of halogens is 2. The Labute approximate surface area is 138 Å². The Kier molecular flexibility index (Phi) is 3.75. The van der Waals surface area contributed by atoms with E-state index in [0.717, 1.165) is 30.6 Å². The highest BCUT2D eigenvalue weighted by molar-refractivity contribution is 14.1. The van der Waals surface area contributed by atoms with Crippen LogP contribution in [-0.2, 0) is 0 Å². The molecule has 0 amide bonds. The number of nitrogens with zero attached hydrogens (tertiary/aromatic N) is 2. The molecule has 0 radical (unpaired) electrons. The molecule has 4 nitrogen and oxygen atoms in total. The van der Waals surface area contributed by atoms with E-state index in [2.05, 4.69) is 53.7 Å². The quantitative estimate of drug-likeness (QED) is 0.590. The lowest BCUT2D eigenvalue weighted by Crippen LogP contribution is -1.91. The summed E-state index contributed by atoms with van der Waals surface area (Å²) in [5, 5.41) is 7.15. The molecule has 3 rings (SSSR count). The zero-order chi connectivity index (χ0) is 14.1. The lowest BCUT2D eigenvalue weighted by atomic mass is 10.0. The van der Waals surface area contributed by atoms with Crippen LogP contribution in [0, 0.1) is 3.57 Å². The molecule has 1 aromatic carbocycles. The Morgan fingerprint density at radius 2 is 2.05 bits per heavy atom. The third kappa shape index (κ3) is 2.45. The molecule has 0 saturated carbocycles. The van der Waals surface area contributed by atoms with E-state index < -0.39 is 0 Å². The van der Waals surface area contributed by atoms with Crippen LogP contribution in [-0.4, -0.2) is 15.2 Å². The molecule has 0 spiro atoms. The maximum Gasteiger partial charge on any atom is 0.155 e. The molecular formula is C14H10BrIN4. The Bertz CT molecular complexity index is 755. The highest BCUT2D eigenvalue weighted by atomic mass is 127. The van der Waals surface area contributed by atoms with Gasteiger partial charge in [-0.3, -0.25) is 10.1 Å². The normalized spacial score (nSPS) is 10.7. The number of aromatic amines is 1. The van der Waals surface area contributed by atoms with Crippen molar-refractivity contribution in [3.8, 4) is 22.5 Å². The molecule has 3 N–H and O–H groups in total. The second-order valence-electron chi connectivity index (χ2n) is 4.20. The summed E-state index contributed by atoms with van der Waals surface area (Å²) in [7, 11) is 0. The number of nitrogens with one attached hydrogen (secondary N) is 1. The van der Waals surface area contributed by atoms with Crippen LogP contribution in [0.3, 0.4) is 0 Å². The topological polar surface area (TPSA) is 67.6 Å². The van der Waals surface area contributed by atoms with E-state index in [-0.39, 0.29) is 0 Å². The van der Waals surface area contributed by atoms with Crippen molar-refractivity contribution in [3.63, 3.8) is 0 Å². The number of hydrogen-bond donors (Lipinski definition) is 2. The van der Waals surface area contributed by atoms with Gasteiger partial charge in [-0.25, -0.2) is 0 Å². The average molecular weight is 441 g/mol. The van der Waals surface area contributed by atoms with Crippen molar-refractivity contribution >= 4 is 44.3 Å². The number of anilines is 1. The molecule has 0 atom stereocenters. The summed E-state index contributed by atoms with van der Waals surface area (Å²) in [5.74, 6) is 0.453. The minimum Gasteiger partial charge on any atom is -0.382 e. The van der Waals surface area contributed by atoms with E-state index >= 15 is 0 Å². The summed E-state index contributed by atoms with van der Waals surface area (Å²) in [6.07, 6.45) is 1.75. The number of hydrogen-bond acceptors (Lipinski definition) is 3. The van der Waals surface area contributed by atoms with Gasteiger partial charge in [-0.05, 0) is 52.9 Å². The Balaban J connectivity index is 2.24. The molecule has 2 aromatic heterocycles. The van der Waals surface area contributed by atoms with Gasteiger partial charge in [0.05, 0.1) is 17.0 Å². The lowest BCUT2D eigenvalue weighted by molar-refractivity contribution is 1.10. The summed E-state index contributed by atoms with van der Waals surface area (Å²) < 4.78 is 2.12. The molecule has 0 unspecified atom stereocenters. The van der Waals surface area contributed by atoms with E-state index in [1.54, 1.807) is 6.20 Å². The third-order valence-corrected chi connectivity index (χ3v) is 4.35. The van der Waals surface area contributed by atoms with Crippen LogP contribution in [0.4, 0.5) is 5.82 Å². The molecule has 0 fully saturated rings. The molecule has 6 heteroatoms. The third-order valence-electron chi connectivity index (χ3n) is 2.91. The maximum atomic E-state index is 6.00. The summed E-state index contributed by atoms with van der Waals surface area (Å²) in [4.78, 5) is 4.37. The van der Waals surface area contributed by atoms with Gasteiger partial charge in [0.25, 0.3) is 0 Å². The van der Waals surface area contributed by atoms with Gasteiger partial charge < -0.3 is 5.73 Å². The van der Waals surface area contributed by atoms with Gasteiger partial charge in [0.15, 0.2) is 5.82 Å². The second kappa shape index (κ2) is 5.53. The summed E-state index contributed by atoms with van der Waals surface area (Å²) >= 11 is 5.79. The largest absolute Gasteiger partial charge is 0.382 e. The average Bonchev–Trinajstić information content (AvgIpc) is 2.84. The van der Waals surface area contributed by atoms with Crippen molar-refractivity contribution in [2.45, 2.75) is 0 Å². The second-order valence-corrected chi connectivity index (χ2v) is 6.28. The number of rotatable bonds is 2. The standard InChI is InChI=1S/C14H10BrIN4/c15-8-4-5-10(16)9(7-8)13-12(14(17)20-19-13)11-3-1-2-6-18-11/h1-7H,(H3,17,19,20). The van der Waals surface area contributed by atoms with Gasteiger partial charge in [0, 0.05) is 19.8 Å². The van der Waals surface area contributed by atoms with Crippen LogP contribution in [0.5, 0.6) is 0 Å². The fraction of sp³-hybridized carbons (Fsp3) is 0. The van der Waals surface area contributed by atoms with E-state index in [0.29, 0.717) is 5.82 Å². The van der Waals surface area contributed by atoms with Crippen LogP contribution < -0.4 is 5.73 Å². The summed E-state index contributed by atoms with van der Waals surface area (Å²) in [6.45, 7) is 0. The monoisotopic (exact) mass is 440 g/mol. The van der Waals surface area contributed by atoms with Crippen molar-refractivity contribution in [1.29, 1.82) is 0 Å². The minimum atomic E-state index is 0.453. The summed E-state index contributed by atoms with van der Waals surface area (Å²) in [6, 6.07) is 11.8. The molecule has 0 aliphatic heterocycles. The zero-order valence-electron chi connectivity index (χ0n) is 10.3. The lowest BCUT2D eigenvalue weighted by Gasteiger charge is -2.06. The summed E-state index contributed by atoms with van der Waals surface area (Å²) in [5.41, 5.74) is 9.57. The maximum absolute atomic E-state index is 6.00. The first kappa shape index (κ1) is 13.6. The van der Waals surface area contributed by atoms with E-state index in [1.807, 2.05) is 36.4 Å². The van der Waals surface area contributed by atoms with Gasteiger partial charge in [-0.15, -0.1) is 0 Å². The highest BCUT2D eigenvalue weighted by Crippen LogP contribution is 2.36. The SMILES string of the molecule is Nc1n[nH]c(-c2cc(Br)ccc2I)c1-c1ccccn1. The number of H-pyrrole nitrogens is 1. The molecule has 100 valence electrons. The smallest absolute Gasteiger partial charge is 0.155 e. The fourth-order valence-electron chi connectivity index (χ4n) is 2.01. The van der Waals surface area contributed by atoms with Gasteiger partial charge in [0.1, 0.15) is 0 Å². The van der Waals surface area contributed by atoms with Crippen LogP contribution >= 0.6 is 38.5 Å². The van der Waals surface area contributed by atoms with Crippen LogP contribution in [0.2, 0.25) is 0 Å². The Hall–Kier alpha value is -1.41. The molecular weight excluding hydrogens is 431 g/mol. The van der Waals surface area contributed by atoms with Crippen molar-refractivity contribution in [3.05, 3.63) is 50.6 Å². The van der Waals surface area contributed by atoms with E-state index in [1.165, 1.54) is 0 Å². The van der Waals surface area contributed by atoms with Gasteiger partial charge in [-0.1, -0.05) is 22.0 Å². The van der Waals surface area contributed by atoms with Crippen molar-refractivity contribution < 1.29 is 0 Å². The molecule has 0 saturated heterocycles. The van der Waals surface area contributed by atoms with Crippen molar-refractivity contribution in [2.75, 3.05) is 5.73 Å². The molecule has 0 aliphatic carbocycles. The molecule has 0 bridgehead atoms. The van der Waals surface area contributed by atoms with Gasteiger partial charge >= 0.3 is 0 Å². The van der Waals surface area contributed by atoms with Crippen molar-refractivity contribution in [2.24, 2.45) is 0 Å². The predicted molar refractivity (Wildman–Crippen MR) is 92.1 cm³/mol. The Morgan fingerprint density at radius 3 is 2.80 bits per heavy atom. The van der Waals surface area contributed by atoms with Gasteiger partial charge in [0.2, 0.25) is 0 Å². The predicted octanol–water partition coefficient (Wildman–Crippen LogP) is 4.09. The van der Waals surface area contributed by atoms with E-state index in [9.17, 15) is 0 Å². The van der Waals surface area contributed by atoms with E-state index in [4.69, 9.17) is 5.73 Å². The molecule has 2 heterocycles. The van der Waals surface area contributed by atoms with Crippen LogP contribution in [0.1, 0.15) is 0 Å². The highest BCUT2D eigenvalue weighted by Gasteiger charge is 2.17. The molecule has 3 aromatic rings. The molecule has 20 heavy (non-hydrogen) atoms. The first-order valence-electron chi connectivity index (χ1n) is 5.87. The first-order valence-corrected chi connectivity index (χ1v) is 7.74. The van der Waals surface area contributed by atoms with Crippen LogP contribution in [0.15, 0.2) is 47.1 Å². The number of nitrogen functional groups attached to an aromatic ring is 1. The zero-order valence-corrected chi connectivity index (χ0v) is 14.0. The number of nitrogens with two attached hydrogens (primary N) is 1. The first-order chi connectivity index (χ1) is 9.66. The number of benzene rings is 1.